The first-order valence-electron chi connectivity index (χ1n) is 6.75. The lowest BCUT2D eigenvalue weighted by atomic mass is 9.80. The number of nitrogens with one attached hydrogen (secondary N) is 1. The van der Waals surface area contributed by atoms with Gasteiger partial charge in [-0.25, -0.2) is 0 Å². The van der Waals surface area contributed by atoms with E-state index in [2.05, 4.69) is 52.4 Å². The van der Waals surface area contributed by atoms with Crippen LogP contribution in [-0.2, 0) is 6.42 Å². The van der Waals surface area contributed by atoms with E-state index < -0.39 is 0 Å². The average Bonchev–Trinajstić information content (AvgIpc) is 2.27. The number of rotatable bonds is 6. The van der Waals surface area contributed by atoms with Crippen LogP contribution in [0, 0.1) is 5.92 Å². The number of halogens is 1. The maximum absolute atomic E-state index is 3.63. The molecule has 0 saturated heterocycles. The highest BCUT2D eigenvalue weighted by Crippen LogP contribution is 2.31. The van der Waals surface area contributed by atoms with Crippen LogP contribution < -0.4 is 5.32 Å². The van der Waals surface area contributed by atoms with Crippen LogP contribution in [0.3, 0.4) is 0 Å². The minimum absolute atomic E-state index is 0.659. The molecule has 1 aliphatic rings. The molecule has 1 atom stereocenters. The van der Waals surface area contributed by atoms with Gasteiger partial charge in [0.25, 0.3) is 0 Å². The zero-order valence-corrected chi connectivity index (χ0v) is 12.2. The summed E-state index contributed by atoms with van der Waals surface area (Å²) in [5.74, 6) is 0.981. The highest BCUT2D eigenvalue weighted by atomic mass is 79.9. The van der Waals surface area contributed by atoms with Crippen molar-refractivity contribution in [2.45, 2.75) is 45.1 Å². The van der Waals surface area contributed by atoms with Crippen LogP contribution >= 0.6 is 15.9 Å². The summed E-state index contributed by atoms with van der Waals surface area (Å²) >= 11 is 3.49. The molecule has 0 spiro atoms. The summed E-state index contributed by atoms with van der Waals surface area (Å²) in [5, 5.41) is 3.63. The van der Waals surface area contributed by atoms with Crippen LogP contribution in [0.5, 0.6) is 0 Å². The van der Waals surface area contributed by atoms with E-state index in [1.807, 2.05) is 0 Å². The molecule has 0 amide bonds. The van der Waals surface area contributed by atoms with Gasteiger partial charge in [0.2, 0.25) is 0 Å². The van der Waals surface area contributed by atoms with Gasteiger partial charge in [-0.2, -0.15) is 0 Å². The fourth-order valence-electron chi connectivity index (χ4n) is 2.56. The quantitative estimate of drug-likeness (QED) is 0.831. The molecule has 0 heterocycles. The van der Waals surface area contributed by atoms with Crippen molar-refractivity contribution in [3.05, 3.63) is 34.3 Å². The molecular formula is C15H22BrN. The molecule has 0 aromatic heterocycles. The predicted molar refractivity (Wildman–Crippen MR) is 77.3 cm³/mol. The highest BCUT2D eigenvalue weighted by Gasteiger charge is 2.21. The van der Waals surface area contributed by atoms with Crippen molar-refractivity contribution < 1.29 is 0 Å². The zero-order valence-electron chi connectivity index (χ0n) is 10.6. The van der Waals surface area contributed by atoms with Crippen molar-refractivity contribution in [3.8, 4) is 0 Å². The Morgan fingerprint density at radius 2 is 2.00 bits per heavy atom. The summed E-state index contributed by atoms with van der Waals surface area (Å²) in [6, 6.07) is 9.40. The van der Waals surface area contributed by atoms with Gasteiger partial charge in [-0.05, 0) is 43.0 Å². The number of hydrogen-bond donors (Lipinski definition) is 1. The van der Waals surface area contributed by atoms with E-state index in [0.29, 0.717) is 6.04 Å². The molecule has 2 heteroatoms. The van der Waals surface area contributed by atoms with E-state index in [0.717, 1.165) is 18.9 Å². The smallest absolute Gasteiger partial charge is 0.0175 e. The van der Waals surface area contributed by atoms with E-state index in [-0.39, 0.29) is 0 Å². The molecule has 1 fully saturated rings. The topological polar surface area (TPSA) is 12.0 Å². The molecule has 94 valence electrons. The number of hydrogen-bond acceptors (Lipinski definition) is 1. The Labute approximate surface area is 113 Å². The number of likely N-dealkylation sites (N-methyl/N-ethyl adjacent to an activating group) is 1. The molecule has 17 heavy (non-hydrogen) atoms. The van der Waals surface area contributed by atoms with Crippen molar-refractivity contribution >= 4 is 15.9 Å². The molecule has 0 aliphatic heterocycles. The first-order chi connectivity index (χ1) is 8.28. The van der Waals surface area contributed by atoms with Crippen LogP contribution in [0.4, 0.5) is 0 Å². The second-order valence-corrected chi connectivity index (χ2v) is 6.03. The summed E-state index contributed by atoms with van der Waals surface area (Å²) in [4.78, 5) is 0. The molecule has 1 nitrogen and oxygen atoms in total. The minimum atomic E-state index is 0.659. The summed E-state index contributed by atoms with van der Waals surface area (Å²) in [6.07, 6.45) is 6.85. The van der Waals surface area contributed by atoms with Crippen molar-refractivity contribution in [1.82, 2.24) is 5.32 Å². The minimum Gasteiger partial charge on any atom is -0.314 e. The third-order valence-electron chi connectivity index (χ3n) is 3.73. The Kier molecular flexibility index (Phi) is 5.05. The molecule has 1 unspecified atom stereocenters. The molecule has 1 aromatic carbocycles. The van der Waals surface area contributed by atoms with Crippen LogP contribution in [0.1, 0.15) is 38.2 Å². The summed E-state index contributed by atoms with van der Waals surface area (Å²) in [5.41, 5.74) is 1.44. The molecular weight excluding hydrogens is 274 g/mol. The molecule has 0 radical (unpaired) electrons. The predicted octanol–water partition coefficient (Wildman–Crippen LogP) is 4.16. The summed E-state index contributed by atoms with van der Waals surface area (Å²) in [7, 11) is 0. The molecule has 1 N–H and O–H groups in total. The normalized spacial score (nSPS) is 17.8. The first kappa shape index (κ1) is 13.1. The fraction of sp³-hybridized carbons (Fsp3) is 0.600. The standard InChI is InChI=1S/C15H22BrN/c1-2-17-15(10-12-4-3-5-12)11-13-6-8-14(16)9-7-13/h6-9,12,15,17H,2-5,10-11H2,1H3. The van der Waals surface area contributed by atoms with Crippen molar-refractivity contribution in [1.29, 1.82) is 0 Å². The van der Waals surface area contributed by atoms with Crippen molar-refractivity contribution in [3.63, 3.8) is 0 Å². The van der Waals surface area contributed by atoms with E-state index in [1.165, 1.54) is 35.7 Å². The van der Waals surface area contributed by atoms with Gasteiger partial charge in [0.05, 0.1) is 0 Å². The summed E-state index contributed by atoms with van der Waals surface area (Å²) < 4.78 is 1.17. The summed E-state index contributed by atoms with van der Waals surface area (Å²) in [6.45, 7) is 3.28. The molecule has 1 saturated carbocycles. The Balaban J connectivity index is 1.88. The average molecular weight is 296 g/mol. The third-order valence-corrected chi connectivity index (χ3v) is 4.26. The van der Waals surface area contributed by atoms with Crippen LogP contribution in [0.25, 0.3) is 0 Å². The Morgan fingerprint density at radius 3 is 2.53 bits per heavy atom. The second-order valence-electron chi connectivity index (χ2n) is 5.12. The van der Waals surface area contributed by atoms with Gasteiger partial charge >= 0.3 is 0 Å². The van der Waals surface area contributed by atoms with E-state index in [1.54, 1.807) is 0 Å². The van der Waals surface area contributed by atoms with Gasteiger partial charge in [0, 0.05) is 10.5 Å². The van der Waals surface area contributed by atoms with E-state index in [9.17, 15) is 0 Å². The van der Waals surface area contributed by atoms with Crippen molar-refractivity contribution in [2.75, 3.05) is 6.54 Å². The first-order valence-corrected chi connectivity index (χ1v) is 7.55. The Bertz CT molecular complexity index is 329. The van der Waals surface area contributed by atoms with Gasteiger partial charge in [0.15, 0.2) is 0 Å². The van der Waals surface area contributed by atoms with E-state index in [4.69, 9.17) is 0 Å². The Morgan fingerprint density at radius 1 is 1.29 bits per heavy atom. The zero-order chi connectivity index (χ0) is 12.1. The van der Waals surface area contributed by atoms with Gasteiger partial charge in [-0.15, -0.1) is 0 Å². The van der Waals surface area contributed by atoms with Crippen LogP contribution in [0.15, 0.2) is 28.7 Å². The largest absolute Gasteiger partial charge is 0.314 e. The molecule has 1 aliphatic carbocycles. The van der Waals surface area contributed by atoms with Crippen LogP contribution in [-0.4, -0.2) is 12.6 Å². The maximum Gasteiger partial charge on any atom is 0.0175 e. The molecule has 2 rings (SSSR count). The lowest BCUT2D eigenvalue weighted by molar-refractivity contribution is 0.260. The molecule has 0 bridgehead atoms. The second kappa shape index (κ2) is 6.55. The van der Waals surface area contributed by atoms with Crippen molar-refractivity contribution in [2.24, 2.45) is 5.92 Å². The fourth-order valence-corrected chi connectivity index (χ4v) is 2.83. The van der Waals surface area contributed by atoms with Crippen LogP contribution in [0.2, 0.25) is 0 Å². The van der Waals surface area contributed by atoms with Gasteiger partial charge in [-0.3, -0.25) is 0 Å². The maximum atomic E-state index is 3.63. The van der Waals surface area contributed by atoms with Gasteiger partial charge < -0.3 is 5.32 Å². The monoisotopic (exact) mass is 295 g/mol. The lowest BCUT2D eigenvalue weighted by Gasteiger charge is -2.30. The number of benzene rings is 1. The Hall–Kier alpha value is -0.340. The molecule has 1 aromatic rings. The highest BCUT2D eigenvalue weighted by molar-refractivity contribution is 9.10. The third kappa shape index (κ3) is 4.11. The lowest BCUT2D eigenvalue weighted by Crippen LogP contribution is -2.34. The van der Waals surface area contributed by atoms with Gasteiger partial charge in [-0.1, -0.05) is 54.2 Å². The SMILES string of the molecule is CCNC(Cc1ccc(Br)cc1)CC1CCC1. The van der Waals surface area contributed by atoms with E-state index >= 15 is 0 Å². The van der Waals surface area contributed by atoms with Gasteiger partial charge in [0.1, 0.15) is 0 Å².